The van der Waals surface area contributed by atoms with E-state index in [1.54, 1.807) is 18.2 Å². The Hall–Kier alpha value is -0.710. The van der Waals surface area contributed by atoms with Crippen molar-refractivity contribution in [3.05, 3.63) is 23.2 Å². The maximum absolute atomic E-state index is 13.6. The molecular formula is C24H35Cl2NO2S. The first kappa shape index (κ1) is 25.5. The van der Waals surface area contributed by atoms with Gasteiger partial charge in [0.05, 0.1) is 5.69 Å². The highest BCUT2D eigenvalue weighted by Gasteiger charge is 2.40. The van der Waals surface area contributed by atoms with Gasteiger partial charge in [-0.2, -0.15) is 0 Å². The van der Waals surface area contributed by atoms with E-state index in [2.05, 4.69) is 19.2 Å². The molecule has 1 aromatic carbocycles. The Morgan fingerprint density at radius 2 is 1.93 bits per heavy atom. The summed E-state index contributed by atoms with van der Waals surface area (Å²) in [4.78, 5) is 26.9. The summed E-state index contributed by atoms with van der Waals surface area (Å²) < 4.78 is 0. The summed E-state index contributed by atoms with van der Waals surface area (Å²) in [7, 11) is 0. The minimum atomic E-state index is -0.483. The molecule has 1 aliphatic carbocycles. The van der Waals surface area contributed by atoms with Crippen molar-refractivity contribution in [1.29, 1.82) is 0 Å². The van der Waals surface area contributed by atoms with E-state index < -0.39 is 10.8 Å². The SMILES string of the molecule is CC(C)CCC1(C(=O)Nc2ccc(Cl)cc2SC(=O)C(C)(C)C)CCCC(Cl)CC1. The monoisotopic (exact) mass is 471 g/mol. The number of anilines is 1. The lowest BCUT2D eigenvalue weighted by Crippen LogP contribution is -2.36. The van der Waals surface area contributed by atoms with Gasteiger partial charge in [0.25, 0.3) is 0 Å². The molecule has 0 aromatic heterocycles. The zero-order valence-electron chi connectivity index (χ0n) is 18.8. The minimum Gasteiger partial charge on any atom is -0.325 e. The van der Waals surface area contributed by atoms with Crippen LogP contribution < -0.4 is 5.32 Å². The number of rotatable bonds is 6. The van der Waals surface area contributed by atoms with Gasteiger partial charge in [0, 0.05) is 26.1 Å². The van der Waals surface area contributed by atoms with Crippen LogP contribution in [0, 0.1) is 16.7 Å². The number of carbonyl (C=O) groups excluding carboxylic acids is 2. The Labute approximate surface area is 196 Å². The molecule has 0 radical (unpaired) electrons. The fourth-order valence-electron chi connectivity index (χ4n) is 3.71. The van der Waals surface area contributed by atoms with E-state index in [4.69, 9.17) is 23.2 Å². The fourth-order valence-corrected chi connectivity index (χ4v) is 5.13. The maximum atomic E-state index is 13.6. The lowest BCUT2D eigenvalue weighted by Gasteiger charge is -2.32. The predicted octanol–water partition coefficient (Wildman–Crippen LogP) is 7.94. The number of nitrogens with one attached hydrogen (secondary N) is 1. The van der Waals surface area contributed by atoms with Crippen LogP contribution in [-0.2, 0) is 9.59 Å². The number of carbonyl (C=O) groups is 2. The molecule has 3 nitrogen and oxygen atoms in total. The lowest BCUT2D eigenvalue weighted by molar-refractivity contribution is -0.127. The van der Waals surface area contributed by atoms with Gasteiger partial charge in [-0.1, -0.05) is 52.6 Å². The Bertz CT molecular complexity index is 760. The first-order valence-electron chi connectivity index (χ1n) is 10.9. The zero-order valence-corrected chi connectivity index (χ0v) is 21.1. The molecule has 0 saturated heterocycles. The molecule has 1 fully saturated rings. The number of alkyl halides is 1. The molecule has 1 saturated carbocycles. The molecule has 2 unspecified atom stereocenters. The quantitative estimate of drug-likeness (QED) is 0.260. The minimum absolute atomic E-state index is 0.0363. The van der Waals surface area contributed by atoms with Gasteiger partial charge in [-0.15, -0.1) is 11.6 Å². The van der Waals surface area contributed by atoms with Crippen LogP contribution in [0.3, 0.4) is 0 Å². The van der Waals surface area contributed by atoms with Crippen LogP contribution >= 0.6 is 35.0 Å². The van der Waals surface area contributed by atoms with Gasteiger partial charge in [-0.25, -0.2) is 0 Å². The van der Waals surface area contributed by atoms with Crippen LogP contribution in [0.1, 0.15) is 79.6 Å². The molecule has 6 heteroatoms. The highest BCUT2D eigenvalue weighted by atomic mass is 35.5. The number of hydrogen-bond acceptors (Lipinski definition) is 3. The van der Waals surface area contributed by atoms with Crippen molar-refractivity contribution in [2.75, 3.05) is 5.32 Å². The summed E-state index contributed by atoms with van der Waals surface area (Å²) in [6.45, 7) is 10.1. The second kappa shape index (κ2) is 10.7. The third kappa shape index (κ3) is 7.17. The van der Waals surface area contributed by atoms with Crippen molar-refractivity contribution in [1.82, 2.24) is 0 Å². The first-order chi connectivity index (χ1) is 13.9. The highest BCUT2D eigenvalue weighted by Crippen LogP contribution is 2.43. The maximum Gasteiger partial charge on any atom is 0.230 e. The molecule has 0 aliphatic heterocycles. The van der Waals surface area contributed by atoms with Gasteiger partial charge < -0.3 is 5.32 Å². The fraction of sp³-hybridized carbons (Fsp3) is 0.667. The molecule has 2 rings (SSSR count). The van der Waals surface area contributed by atoms with Crippen LogP contribution in [0.2, 0.25) is 5.02 Å². The smallest absolute Gasteiger partial charge is 0.230 e. The number of thioether (sulfide) groups is 1. The van der Waals surface area contributed by atoms with Crippen LogP contribution in [0.15, 0.2) is 23.1 Å². The van der Waals surface area contributed by atoms with Crippen molar-refractivity contribution in [3.8, 4) is 0 Å². The standard InChI is InChI=1S/C24H35Cl2NO2S/c1-16(2)10-13-24(12-6-7-17(25)11-14-24)21(28)27-19-9-8-18(26)15-20(19)30-22(29)23(3,4)5/h8-9,15-17H,6-7,10-14H2,1-5H3,(H,27,28). The second-order valence-corrected chi connectivity index (χ2v) is 12.0. The van der Waals surface area contributed by atoms with E-state index in [9.17, 15) is 9.59 Å². The molecule has 0 spiro atoms. The van der Waals surface area contributed by atoms with Gasteiger partial charge in [-0.05, 0) is 74.4 Å². The van der Waals surface area contributed by atoms with Crippen molar-refractivity contribution in [3.63, 3.8) is 0 Å². The topological polar surface area (TPSA) is 46.2 Å². The zero-order chi connectivity index (χ0) is 22.5. The van der Waals surface area contributed by atoms with E-state index in [0.29, 0.717) is 21.5 Å². The summed E-state index contributed by atoms with van der Waals surface area (Å²) in [6, 6.07) is 5.31. The Morgan fingerprint density at radius 1 is 1.23 bits per heavy atom. The summed E-state index contributed by atoms with van der Waals surface area (Å²) in [6.07, 6.45) is 6.30. The number of amides is 1. The van der Waals surface area contributed by atoms with Crippen LogP contribution in [0.4, 0.5) is 5.69 Å². The molecule has 1 N–H and O–H groups in total. The highest BCUT2D eigenvalue weighted by molar-refractivity contribution is 8.13. The van der Waals surface area contributed by atoms with E-state index in [1.165, 1.54) is 0 Å². The molecule has 168 valence electrons. The molecule has 1 aromatic rings. The Morgan fingerprint density at radius 3 is 2.57 bits per heavy atom. The van der Waals surface area contributed by atoms with Crippen molar-refractivity contribution in [2.24, 2.45) is 16.7 Å². The van der Waals surface area contributed by atoms with Gasteiger partial charge in [0.2, 0.25) is 5.91 Å². The lowest BCUT2D eigenvalue weighted by atomic mass is 9.74. The summed E-state index contributed by atoms with van der Waals surface area (Å²) in [5.74, 6) is 0.581. The third-order valence-electron chi connectivity index (χ3n) is 5.80. The average molecular weight is 473 g/mol. The van der Waals surface area contributed by atoms with Crippen LogP contribution in [-0.4, -0.2) is 16.4 Å². The summed E-state index contributed by atoms with van der Waals surface area (Å²) in [5.41, 5.74) is -0.241. The van der Waals surface area contributed by atoms with E-state index in [0.717, 1.165) is 56.7 Å². The molecule has 1 aliphatic rings. The largest absolute Gasteiger partial charge is 0.325 e. The van der Waals surface area contributed by atoms with Crippen LogP contribution in [0.25, 0.3) is 0 Å². The van der Waals surface area contributed by atoms with Gasteiger partial charge >= 0.3 is 0 Å². The predicted molar refractivity (Wildman–Crippen MR) is 130 cm³/mol. The van der Waals surface area contributed by atoms with Crippen LogP contribution in [0.5, 0.6) is 0 Å². The van der Waals surface area contributed by atoms with E-state index >= 15 is 0 Å². The van der Waals surface area contributed by atoms with E-state index in [1.807, 2.05) is 20.8 Å². The Kier molecular flexibility index (Phi) is 9.15. The molecule has 0 heterocycles. The van der Waals surface area contributed by atoms with Crippen molar-refractivity contribution >= 4 is 51.7 Å². The number of benzene rings is 1. The molecule has 0 bridgehead atoms. The summed E-state index contributed by atoms with van der Waals surface area (Å²) in [5, 5.41) is 3.88. The molecular weight excluding hydrogens is 437 g/mol. The molecule has 1 amide bonds. The second-order valence-electron chi connectivity index (χ2n) is 9.98. The average Bonchev–Trinajstić information content (AvgIpc) is 2.83. The number of halogens is 2. The van der Waals surface area contributed by atoms with Crippen molar-refractivity contribution < 1.29 is 9.59 Å². The molecule has 2 atom stereocenters. The Balaban J connectivity index is 2.29. The van der Waals surface area contributed by atoms with Gasteiger partial charge in [0.1, 0.15) is 0 Å². The van der Waals surface area contributed by atoms with Gasteiger partial charge in [-0.3, -0.25) is 9.59 Å². The molecule has 30 heavy (non-hydrogen) atoms. The van der Waals surface area contributed by atoms with E-state index in [-0.39, 0.29) is 16.4 Å². The van der Waals surface area contributed by atoms with Crippen molar-refractivity contribution in [2.45, 2.75) is 89.8 Å². The summed E-state index contributed by atoms with van der Waals surface area (Å²) >= 11 is 13.8. The number of hydrogen-bond donors (Lipinski definition) is 1. The van der Waals surface area contributed by atoms with Gasteiger partial charge in [0.15, 0.2) is 5.12 Å². The first-order valence-corrected chi connectivity index (χ1v) is 12.5. The normalized spacial score (nSPS) is 22.6. The third-order valence-corrected chi connectivity index (χ3v) is 7.82.